The minimum absolute atomic E-state index is 0.0328. The SMILES string of the molecule is CCN(C)C(C(=O)N1CCC(NS(=O)(=O)c2ccc(F)cc2)CC1)c1ccccc1. The molecule has 0 radical (unpaired) electrons. The van der Waals surface area contributed by atoms with Gasteiger partial charge in [-0.3, -0.25) is 9.69 Å². The molecule has 0 aromatic heterocycles. The van der Waals surface area contributed by atoms with Crippen molar-refractivity contribution >= 4 is 15.9 Å². The van der Waals surface area contributed by atoms with E-state index in [0.29, 0.717) is 25.9 Å². The number of carbonyl (C=O) groups excluding carboxylic acids is 1. The second kappa shape index (κ2) is 9.68. The average molecular weight is 434 g/mol. The molecule has 1 amide bonds. The highest BCUT2D eigenvalue weighted by molar-refractivity contribution is 7.89. The number of hydrogen-bond acceptors (Lipinski definition) is 4. The summed E-state index contributed by atoms with van der Waals surface area (Å²) in [5.41, 5.74) is 0.950. The highest BCUT2D eigenvalue weighted by atomic mass is 32.2. The summed E-state index contributed by atoms with van der Waals surface area (Å²) in [5, 5.41) is 0. The fourth-order valence-electron chi connectivity index (χ4n) is 3.70. The first-order chi connectivity index (χ1) is 14.3. The van der Waals surface area contributed by atoms with E-state index in [2.05, 4.69) is 4.72 Å². The molecule has 1 atom stereocenters. The van der Waals surface area contributed by atoms with Gasteiger partial charge >= 0.3 is 0 Å². The summed E-state index contributed by atoms with van der Waals surface area (Å²) in [6.07, 6.45) is 1.06. The Bertz CT molecular complexity index is 943. The van der Waals surface area contributed by atoms with Crippen molar-refractivity contribution in [3.63, 3.8) is 0 Å². The van der Waals surface area contributed by atoms with Crippen LogP contribution in [0.4, 0.5) is 4.39 Å². The molecule has 1 N–H and O–H groups in total. The zero-order chi connectivity index (χ0) is 21.7. The summed E-state index contributed by atoms with van der Waals surface area (Å²) in [6, 6.07) is 13.8. The normalized spacial score (nSPS) is 16.6. The van der Waals surface area contributed by atoms with Crippen molar-refractivity contribution < 1.29 is 17.6 Å². The molecular weight excluding hydrogens is 405 g/mol. The lowest BCUT2D eigenvalue weighted by Gasteiger charge is -2.36. The molecular formula is C22H28FN3O3S. The summed E-state index contributed by atoms with van der Waals surface area (Å²) >= 11 is 0. The number of amides is 1. The summed E-state index contributed by atoms with van der Waals surface area (Å²) in [7, 11) is -1.79. The molecule has 0 bridgehead atoms. The van der Waals surface area contributed by atoms with E-state index in [1.807, 2.05) is 54.1 Å². The lowest BCUT2D eigenvalue weighted by Crippen LogP contribution is -2.49. The molecule has 3 rings (SSSR count). The van der Waals surface area contributed by atoms with Crippen molar-refractivity contribution in [1.29, 1.82) is 0 Å². The van der Waals surface area contributed by atoms with E-state index in [-0.39, 0.29) is 22.9 Å². The Morgan fingerprint density at radius 1 is 1.13 bits per heavy atom. The van der Waals surface area contributed by atoms with E-state index < -0.39 is 15.8 Å². The van der Waals surface area contributed by atoms with Crippen LogP contribution in [-0.4, -0.2) is 56.8 Å². The first kappa shape index (κ1) is 22.4. The molecule has 8 heteroatoms. The quantitative estimate of drug-likeness (QED) is 0.729. The van der Waals surface area contributed by atoms with Crippen LogP contribution in [0.5, 0.6) is 0 Å². The maximum atomic E-state index is 13.3. The van der Waals surface area contributed by atoms with E-state index in [4.69, 9.17) is 0 Å². The molecule has 2 aromatic carbocycles. The van der Waals surface area contributed by atoms with Crippen LogP contribution in [0.1, 0.15) is 31.4 Å². The van der Waals surface area contributed by atoms with E-state index in [9.17, 15) is 17.6 Å². The van der Waals surface area contributed by atoms with Crippen LogP contribution in [0.3, 0.4) is 0 Å². The second-order valence-electron chi connectivity index (χ2n) is 7.56. The molecule has 162 valence electrons. The zero-order valence-electron chi connectivity index (χ0n) is 17.3. The average Bonchev–Trinajstić information content (AvgIpc) is 2.75. The number of rotatable bonds is 7. The van der Waals surface area contributed by atoms with Crippen LogP contribution in [0.15, 0.2) is 59.5 Å². The third-order valence-corrected chi connectivity index (χ3v) is 7.08. The monoisotopic (exact) mass is 433 g/mol. The van der Waals surface area contributed by atoms with Gasteiger partial charge in [0.25, 0.3) is 0 Å². The number of hydrogen-bond donors (Lipinski definition) is 1. The van der Waals surface area contributed by atoms with Gasteiger partial charge in [-0.25, -0.2) is 17.5 Å². The Morgan fingerprint density at radius 2 is 1.73 bits per heavy atom. The molecule has 30 heavy (non-hydrogen) atoms. The van der Waals surface area contributed by atoms with Crippen LogP contribution < -0.4 is 4.72 Å². The number of piperidine rings is 1. The highest BCUT2D eigenvalue weighted by Gasteiger charge is 2.32. The maximum Gasteiger partial charge on any atom is 0.244 e. The van der Waals surface area contributed by atoms with Crippen LogP contribution >= 0.6 is 0 Å². The fraction of sp³-hybridized carbons (Fsp3) is 0.409. The van der Waals surface area contributed by atoms with Crippen molar-refractivity contribution in [2.45, 2.75) is 36.7 Å². The minimum Gasteiger partial charge on any atom is -0.341 e. The van der Waals surface area contributed by atoms with Gasteiger partial charge in [0.15, 0.2) is 0 Å². The minimum atomic E-state index is -3.72. The summed E-state index contributed by atoms with van der Waals surface area (Å²) in [6.45, 7) is 3.71. The van der Waals surface area contributed by atoms with Gasteiger partial charge in [-0.2, -0.15) is 0 Å². The van der Waals surface area contributed by atoms with Gasteiger partial charge in [0.2, 0.25) is 15.9 Å². The molecule has 1 unspecified atom stereocenters. The molecule has 1 heterocycles. The molecule has 0 saturated carbocycles. The summed E-state index contributed by atoms with van der Waals surface area (Å²) in [5.74, 6) is -0.448. The van der Waals surface area contributed by atoms with Crippen molar-refractivity contribution in [3.05, 3.63) is 66.0 Å². The molecule has 1 saturated heterocycles. The van der Waals surface area contributed by atoms with Crippen LogP contribution in [0, 0.1) is 5.82 Å². The number of carbonyl (C=O) groups is 1. The number of likely N-dealkylation sites (N-methyl/N-ethyl adjacent to an activating group) is 1. The van der Waals surface area contributed by atoms with Gasteiger partial charge in [0, 0.05) is 19.1 Å². The van der Waals surface area contributed by atoms with Gasteiger partial charge in [0.1, 0.15) is 11.9 Å². The van der Waals surface area contributed by atoms with Crippen molar-refractivity contribution in [1.82, 2.24) is 14.5 Å². The standard InChI is InChI=1S/C22H28FN3O3S/c1-3-25(2)21(17-7-5-4-6-8-17)22(27)26-15-13-19(14-16-26)24-30(28,29)20-11-9-18(23)10-12-20/h4-12,19,21,24H,3,13-16H2,1-2H3. The molecule has 1 aliphatic heterocycles. The second-order valence-corrected chi connectivity index (χ2v) is 9.28. The lowest BCUT2D eigenvalue weighted by molar-refractivity contribution is -0.137. The summed E-state index contributed by atoms with van der Waals surface area (Å²) < 4.78 is 40.8. The van der Waals surface area contributed by atoms with Crippen molar-refractivity contribution in [3.8, 4) is 0 Å². The zero-order valence-corrected chi connectivity index (χ0v) is 18.1. The van der Waals surface area contributed by atoms with Crippen LogP contribution in [0.25, 0.3) is 0 Å². The van der Waals surface area contributed by atoms with E-state index in [1.54, 1.807) is 0 Å². The fourth-order valence-corrected chi connectivity index (χ4v) is 5.00. The molecule has 1 aliphatic rings. The Balaban J connectivity index is 1.64. The Morgan fingerprint density at radius 3 is 2.30 bits per heavy atom. The summed E-state index contributed by atoms with van der Waals surface area (Å²) in [4.78, 5) is 17.1. The van der Waals surface area contributed by atoms with Gasteiger partial charge in [0.05, 0.1) is 4.90 Å². The third kappa shape index (κ3) is 5.24. The van der Waals surface area contributed by atoms with Gasteiger partial charge < -0.3 is 4.90 Å². The number of sulfonamides is 1. The van der Waals surface area contributed by atoms with Crippen LogP contribution in [-0.2, 0) is 14.8 Å². The molecule has 0 spiro atoms. The number of benzene rings is 2. The molecule has 6 nitrogen and oxygen atoms in total. The number of nitrogens with zero attached hydrogens (tertiary/aromatic N) is 2. The highest BCUT2D eigenvalue weighted by Crippen LogP contribution is 2.24. The largest absolute Gasteiger partial charge is 0.341 e. The Kier molecular flexibility index (Phi) is 7.23. The van der Waals surface area contributed by atoms with Crippen LogP contribution in [0.2, 0.25) is 0 Å². The first-order valence-electron chi connectivity index (χ1n) is 10.1. The van der Waals surface area contributed by atoms with Gasteiger partial charge in [-0.05, 0) is 56.3 Å². The number of nitrogens with one attached hydrogen (secondary N) is 1. The van der Waals surface area contributed by atoms with Gasteiger partial charge in [-0.1, -0.05) is 37.3 Å². The topological polar surface area (TPSA) is 69.7 Å². The molecule has 2 aromatic rings. The van der Waals surface area contributed by atoms with E-state index in [0.717, 1.165) is 24.2 Å². The Labute approximate surface area is 177 Å². The third-order valence-electron chi connectivity index (χ3n) is 5.54. The van der Waals surface area contributed by atoms with Gasteiger partial charge in [-0.15, -0.1) is 0 Å². The Hall–Kier alpha value is -2.29. The van der Waals surface area contributed by atoms with Crippen molar-refractivity contribution in [2.24, 2.45) is 0 Å². The maximum absolute atomic E-state index is 13.3. The molecule has 0 aliphatic carbocycles. The van der Waals surface area contributed by atoms with E-state index in [1.165, 1.54) is 12.1 Å². The number of likely N-dealkylation sites (tertiary alicyclic amines) is 1. The predicted molar refractivity (Wildman–Crippen MR) is 114 cm³/mol. The molecule has 1 fully saturated rings. The lowest BCUT2D eigenvalue weighted by atomic mass is 10.0. The predicted octanol–water partition coefficient (Wildman–Crippen LogP) is 2.79. The number of halogens is 1. The smallest absolute Gasteiger partial charge is 0.244 e. The van der Waals surface area contributed by atoms with E-state index >= 15 is 0 Å². The van der Waals surface area contributed by atoms with Crippen molar-refractivity contribution in [2.75, 3.05) is 26.7 Å². The first-order valence-corrected chi connectivity index (χ1v) is 11.6.